The summed E-state index contributed by atoms with van der Waals surface area (Å²) >= 11 is 12.3. The molecule has 0 saturated carbocycles. The quantitative estimate of drug-likeness (QED) is 0.517. The molecule has 2 nitrogen and oxygen atoms in total. The maximum absolute atomic E-state index is 13.4. The molecule has 1 N–H and O–H groups in total. The summed E-state index contributed by atoms with van der Waals surface area (Å²) in [7, 11) is 0. The molecule has 4 heteroatoms. The fourth-order valence-corrected chi connectivity index (χ4v) is 5.61. The van der Waals surface area contributed by atoms with Gasteiger partial charge in [0, 0.05) is 16.9 Å². The van der Waals surface area contributed by atoms with E-state index in [2.05, 4.69) is 60.8 Å². The molecule has 3 aliphatic carbocycles. The molecule has 0 heterocycles. The van der Waals surface area contributed by atoms with Gasteiger partial charge in [-0.15, -0.1) is 0 Å². The van der Waals surface area contributed by atoms with E-state index in [1.54, 1.807) is 18.2 Å². The Morgan fingerprint density at radius 1 is 0.821 bits per heavy atom. The minimum atomic E-state index is -0.151. The predicted molar refractivity (Wildman–Crippen MR) is 114 cm³/mol. The third kappa shape index (κ3) is 2.59. The highest BCUT2D eigenvalue weighted by molar-refractivity contribution is 6.36. The molecule has 3 aromatic carbocycles. The Balaban J connectivity index is 1.59. The molecule has 0 radical (unpaired) electrons. The van der Waals surface area contributed by atoms with Gasteiger partial charge in [0.15, 0.2) is 0 Å². The number of fused-ring (bicyclic) bond motifs is 1. The molecule has 6 rings (SSSR count). The summed E-state index contributed by atoms with van der Waals surface area (Å²) in [6.45, 7) is 2.19. The van der Waals surface area contributed by atoms with Crippen molar-refractivity contribution in [1.82, 2.24) is 0 Å². The van der Waals surface area contributed by atoms with Crippen molar-refractivity contribution < 1.29 is 4.79 Å². The Bertz CT molecular complexity index is 1050. The summed E-state index contributed by atoms with van der Waals surface area (Å²) in [4.78, 5) is 13.4. The molecule has 0 saturated heterocycles. The zero-order chi connectivity index (χ0) is 19.4. The first-order chi connectivity index (χ1) is 13.6. The van der Waals surface area contributed by atoms with Crippen LogP contribution in [0.5, 0.6) is 0 Å². The molecular weight excluding hydrogens is 389 g/mol. The van der Waals surface area contributed by atoms with Gasteiger partial charge in [0.2, 0.25) is 5.91 Å². The Hall–Kier alpha value is -2.29. The van der Waals surface area contributed by atoms with Crippen molar-refractivity contribution in [2.24, 2.45) is 11.8 Å². The van der Waals surface area contributed by atoms with Crippen LogP contribution in [0.1, 0.15) is 41.0 Å². The van der Waals surface area contributed by atoms with Crippen molar-refractivity contribution in [2.75, 3.05) is 5.32 Å². The standard InChI is InChI=1S/C24H19Cl2NO/c1-13-21-15-6-2-4-8-17(15)23(18-9-5-3-7-16(18)21)22(13)24(28)27-20-11-10-14(25)12-19(20)26/h2-13,21-23H,1H3,(H,27,28)/t13-,21?,22-,23?/m1/s1. The van der Waals surface area contributed by atoms with Crippen molar-refractivity contribution >= 4 is 34.8 Å². The highest BCUT2D eigenvalue weighted by Crippen LogP contribution is 2.58. The van der Waals surface area contributed by atoms with Gasteiger partial charge in [0.05, 0.1) is 16.6 Å². The Kier molecular flexibility index (Phi) is 4.22. The molecule has 0 fully saturated rings. The van der Waals surface area contributed by atoms with Gasteiger partial charge < -0.3 is 5.32 Å². The molecule has 0 spiro atoms. The number of nitrogens with one attached hydrogen (secondary N) is 1. The lowest BCUT2D eigenvalue weighted by Gasteiger charge is -2.49. The van der Waals surface area contributed by atoms with Crippen molar-refractivity contribution in [3.63, 3.8) is 0 Å². The fraction of sp³-hybridized carbons (Fsp3) is 0.208. The van der Waals surface area contributed by atoms with Gasteiger partial charge in [0.25, 0.3) is 0 Å². The summed E-state index contributed by atoms with van der Waals surface area (Å²) in [6.07, 6.45) is 0. The van der Waals surface area contributed by atoms with Crippen LogP contribution in [0.15, 0.2) is 66.7 Å². The first-order valence-electron chi connectivity index (χ1n) is 9.50. The zero-order valence-electron chi connectivity index (χ0n) is 15.3. The highest BCUT2D eigenvalue weighted by atomic mass is 35.5. The topological polar surface area (TPSA) is 29.1 Å². The van der Waals surface area contributed by atoms with Crippen LogP contribution in [-0.4, -0.2) is 5.91 Å². The average molecular weight is 408 g/mol. The van der Waals surface area contributed by atoms with Gasteiger partial charge in [-0.25, -0.2) is 0 Å². The van der Waals surface area contributed by atoms with E-state index >= 15 is 0 Å². The molecule has 1 amide bonds. The second-order valence-corrected chi connectivity index (χ2v) is 8.56. The fourth-order valence-electron chi connectivity index (χ4n) is 5.15. The number of halogens is 2. The van der Waals surface area contributed by atoms with E-state index in [0.29, 0.717) is 15.7 Å². The number of anilines is 1. The predicted octanol–water partition coefficient (Wildman–Crippen LogP) is 6.48. The smallest absolute Gasteiger partial charge is 0.228 e. The number of hydrogen-bond acceptors (Lipinski definition) is 1. The van der Waals surface area contributed by atoms with E-state index in [-0.39, 0.29) is 29.6 Å². The highest BCUT2D eigenvalue weighted by Gasteiger charge is 2.50. The van der Waals surface area contributed by atoms with E-state index in [9.17, 15) is 4.79 Å². The Labute approximate surface area is 174 Å². The van der Waals surface area contributed by atoms with E-state index in [1.807, 2.05) is 0 Å². The molecule has 2 bridgehead atoms. The van der Waals surface area contributed by atoms with E-state index in [4.69, 9.17) is 23.2 Å². The summed E-state index contributed by atoms with van der Waals surface area (Å²) < 4.78 is 0. The van der Waals surface area contributed by atoms with E-state index in [1.165, 1.54) is 22.3 Å². The monoisotopic (exact) mass is 407 g/mol. The first kappa shape index (κ1) is 17.8. The average Bonchev–Trinajstić information content (AvgIpc) is 2.70. The second kappa shape index (κ2) is 6.65. The molecule has 3 aliphatic rings. The summed E-state index contributed by atoms with van der Waals surface area (Å²) in [5, 5.41) is 4.06. The molecule has 2 atom stereocenters. The zero-order valence-corrected chi connectivity index (χ0v) is 16.8. The van der Waals surface area contributed by atoms with Crippen LogP contribution in [0.25, 0.3) is 0 Å². The van der Waals surface area contributed by atoms with Crippen LogP contribution in [0.2, 0.25) is 10.0 Å². The van der Waals surface area contributed by atoms with E-state index in [0.717, 1.165) is 0 Å². The molecule has 0 aromatic heterocycles. The largest absolute Gasteiger partial charge is 0.324 e. The number of amides is 1. The summed E-state index contributed by atoms with van der Waals surface area (Å²) in [5.41, 5.74) is 5.85. The molecule has 0 aliphatic heterocycles. The number of carbonyl (C=O) groups excluding carboxylic acids is 1. The Morgan fingerprint density at radius 3 is 1.89 bits per heavy atom. The SMILES string of the molecule is C[C@@H]1C2c3ccccc3C(c3ccccc32)[C@@H]1C(=O)Nc1ccc(Cl)cc1Cl. The lowest BCUT2D eigenvalue weighted by molar-refractivity contribution is -0.122. The van der Waals surface area contributed by atoms with Crippen LogP contribution >= 0.6 is 23.2 Å². The second-order valence-electron chi connectivity index (χ2n) is 7.71. The lowest BCUT2D eigenvalue weighted by Crippen LogP contribution is -2.44. The number of carbonyl (C=O) groups is 1. The van der Waals surface area contributed by atoms with Crippen molar-refractivity contribution in [2.45, 2.75) is 18.8 Å². The maximum atomic E-state index is 13.4. The van der Waals surface area contributed by atoms with Gasteiger partial charge >= 0.3 is 0 Å². The van der Waals surface area contributed by atoms with Crippen molar-refractivity contribution in [1.29, 1.82) is 0 Å². The number of hydrogen-bond donors (Lipinski definition) is 1. The molecular formula is C24H19Cl2NO. The minimum absolute atomic E-state index is 0.00993. The third-order valence-electron chi connectivity index (χ3n) is 6.28. The summed E-state index contributed by atoms with van der Waals surface area (Å²) in [5.74, 6) is 0.338. The van der Waals surface area contributed by atoms with Gasteiger partial charge in [0.1, 0.15) is 0 Å². The lowest BCUT2D eigenvalue weighted by atomic mass is 9.54. The Morgan fingerprint density at radius 2 is 1.36 bits per heavy atom. The van der Waals surface area contributed by atoms with Crippen molar-refractivity contribution in [3.8, 4) is 0 Å². The van der Waals surface area contributed by atoms with Gasteiger partial charge in [-0.1, -0.05) is 78.7 Å². The van der Waals surface area contributed by atoms with Crippen LogP contribution in [0.3, 0.4) is 0 Å². The number of rotatable bonds is 2. The van der Waals surface area contributed by atoms with Crippen molar-refractivity contribution in [3.05, 3.63) is 99.0 Å². The minimum Gasteiger partial charge on any atom is -0.324 e. The third-order valence-corrected chi connectivity index (χ3v) is 6.82. The first-order valence-corrected chi connectivity index (χ1v) is 10.3. The van der Waals surface area contributed by atoms with Crippen LogP contribution in [0.4, 0.5) is 5.69 Å². The van der Waals surface area contributed by atoms with Crippen LogP contribution < -0.4 is 5.32 Å². The van der Waals surface area contributed by atoms with Gasteiger partial charge in [-0.05, 0) is 46.4 Å². The normalized spacial score (nSPS) is 24.4. The molecule has 140 valence electrons. The molecule has 28 heavy (non-hydrogen) atoms. The van der Waals surface area contributed by atoms with Gasteiger partial charge in [-0.2, -0.15) is 0 Å². The molecule has 0 unspecified atom stereocenters. The van der Waals surface area contributed by atoms with Crippen LogP contribution in [0, 0.1) is 11.8 Å². The maximum Gasteiger partial charge on any atom is 0.228 e. The summed E-state index contributed by atoms with van der Waals surface area (Å²) in [6, 6.07) is 22.2. The van der Waals surface area contributed by atoms with Crippen LogP contribution in [-0.2, 0) is 4.79 Å². The molecule has 3 aromatic rings. The van der Waals surface area contributed by atoms with Gasteiger partial charge in [-0.3, -0.25) is 4.79 Å². The van der Waals surface area contributed by atoms with E-state index < -0.39 is 0 Å². The number of benzene rings is 3.